The quantitative estimate of drug-likeness (QED) is 0.232. The van der Waals surface area contributed by atoms with Crippen molar-refractivity contribution in [3.05, 3.63) is 87.9 Å². The lowest BCUT2D eigenvalue weighted by atomic mass is 10.1. The van der Waals surface area contributed by atoms with Gasteiger partial charge in [-0.05, 0) is 67.5 Å². The van der Waals surface area contributed by atoms with Crippen molar-refractivity contribution in [3.63, 3.8) is 0 Å². The van der Waals surface area contributed by atoms with Crippen LogP contribution < -0.4 is 5.32 Å². The number of anilines is 1. The minimum atomic E-state index is 0.0539. The van der Waals surface area contributed by atoms with Crippen LogP contribution in [0, 0.1) is 13.8 Å². The number of aromatic nitrogens is 1. The molecule has 7 heteroatoms. The smallest absolute Gasteiger partial charge is 0.221 e. The van der Waals surface area contributed by atoms with Gasteiger partial charge in [0.05, 0.1) is 12.1 Å². The first kappa shape index (κ1) is 21.2. The van der Waals surface area contributed by atoms with Gasteiger partial charge in [-0.25, -0.2) is 0 Å². The first-order chi connectivity index (χ1) is 14.9. The summed E-state index contributed by atoms with van der Waals surface area (Å²) < 4.78 is 2.74. The third kappa shape index (κ3) is 4.68. The highest BCUT2D eigenvalue weighted by Crippen LogP contribution is 2.40. The average Bonchev–Trinajstić information content (AvgIpc) is 3.00. The molecule has 0 aliphatic rings. The molecule has 4 aromatic rings. The Bertz CT molecular complexity index is 1300. The summed E-state index contributed by atoms with van der Waals surface area (Å²) >= 11 is 8.83. The number of fused-ring (bicyclic) bond motifs is 1. The van der Waals surface area contributed by atoms with Crippen molar-refractivity contribution in [1.29, 1.82) is 0 Å². The average molecular weight is 493 g/mol. The molecule has 2 N–H and O–H groups in total. The summed E-state index contributed by atoms with van der Waals surface area (Å²) in [6.45, 7) is 4.61. The zero-order chi connectivity index (χ0) is 22.0. The number of azo groups is 1. The Morgan fingerprint density at radius 3 is 2.55 bits per heavy atom. The Hall–Kier alpha value is -3.03. The number of halogens is 1. The SMILES string of the molecule is Cc1ccc(NC(=S)N=Nc2c(O)n(Cc3ccccc3C)c3ccc(Br)cc23)cc1. The number of thiocarbonyl (C=S) groups is 1. The van der Waals surface area contributed by atoms with E-state index in [9.17, 15) is 5.11 Å². The largest absolute Gasteiger partial charge is 0.493 e. The number of nitrogens with zero attached hydrogens (tertiary/aromatic N) is 3. The van der Waals surface area contributed by atoms with E-state index in [1.54, 1.807) is 0 Å². The Balaban J connectivity index is 1.68. The number of hydrogen-bond acceptors (Lipinski definition) is 3. The van der Waals surface area contributed by atoms with Crippen LogP contribution in [0.3, 0.4) is 0 Å². The molecule has 0 unspecified atom stereocenters. The first-order valence-corrected chi connectivity index (χ1v) is 11.0. The highest BCUT2D eigenvalue weighted by Gasteiger charge is 2.18. The summed E-state index contributed by atoms with van der Waals surface area (Å²) in [4.78, 5) is 0. The van der Waals surface area contributed by atoms with Crippen LogP contribution in [0.5, 0.6) is 5.88 Å². The third-order valence-electron chi connectivity index (χ3n) is 5.11. The first-order valence-electron chi connectivity index (χ1n) is 9.77. The van der Waals surface area contributed by atoms with Gasteiger partial charge in [0.15, 0.2) is 5.69 Å². The molecule has 1 heterocycles. The zero-order valence-corrected chi connectivity index (χ0v) is 19.5. The molecule has 0 atom stereocenters. The Labute approximate surface area is 194 Å². The predicted octanol–water partition coefficient (Wildman–Crippen LogP) is 7.26. The second-order valence-electron chi connectivity index (χ2n) is 7.34. The highest BCUT2D eigenvalue weighted by molar-refractivity contribution is 9.10. The monoisotopic (exact) mass is 492 g/mol. The normalized spacial score (nSPS) is 11.3. The Kier molecular flexibility index (Phi) is 6.15. The van der Waals surface area contributed by atoms with Gasteiger partial charge in [-0.15, -0.1) is 10.2 Å². The fourth-order valence-corrected chi connectivity index (χ4v) is 3.91. The molecule has 5 nitrogen and oxygen atoms in total. The maximum atomic E-state index is 11.0. The number of benzene rings is 3. The van der Waals surface area contributed by atoms with E-state index in [0.29, 0.717) is 12.2 Å². The van der Waals surface area contributed by atoms with Crippen LogP contribution in [-0.2, 0) is 6.54 Å². The molecule has 0 bridgehead atoms. The van der Waals surface area contributed by atoms with E-state index < -0.39 is 0 Å². The van der Waals surface area contributed by atoms with Crippen molar-refractivity contribution in [1.82, 2.24) is 4.57 Å². The van der Waals surface area contributed by atoms with Crippen LogP contribution >= 0.6 is 28.1 Å². The van der Waals surface area contributed by atoms with E-state index in [0.717, 1.165) is 37.8 Å². The lowest BCUT2D eigenvalue weighted by Crippen LogP contribution is -2.04. The number of hydrogen-bond donors (Lipinski definition) is 2. The topological polar surface area (TPSA) is 61.9 Å². The van der Waals surface area contributed by atoms with Gasteiger partial charge in [-0.2, -0.15) is 0 Å². The van der Waals surface area contributed by atoms with Gasteiger partial charge in [0.25, 0.3) is 0 Å². The lowest BCUT2D eigenvalue weighted by molar-refractivity contribution is 0.429. The van der Waals surface area contributed by atoms with Gasteiger partial charge in [0.2, 0.25) is 11.0 Å². The molecule has 1 aromatic heterocycles. The number of aryl methyl sites for hydroxylation is 2. The summed E-state index contributed by atoms with van der Waals surface area (Å²) in [7, 11) is 0. The molecule has 0 amide bonds. The minimum absolute atomic E-state index is 0.0539. The second kappa shape index (κ2) is 8.99. The molecule has 0 saturated carbocycles. The van der Waals surface area contributed by atoms with E-state index in [1.807, 2.05) is 66.1 Å². The summed E-state index contributed by atoms with van der Waals surface area (Å²) in [6.07, 6.45) is 0. The summed E-state index contributed by atoms with van der Waals surface area (Å²) in [5, 5.41) is 23.5. The van der Waals surface area contributed by atoms with Gasteiger partial charge < -0.3 is 15.0 Å². The zero-order valence-electron chi connectivity index (χ0n) is 17.1. The molecule has 0 aliphatic carbocycles. The van der Waals surface area contributed by atoms with Crippen molar-refractivity contribution >= 4 is 55.5 Å². The van der Waals surface area contributed by atoms with Gasteiger partial charge in [0.1, 0.15) is 0 Å². The Morgan fingerprint density at radius 1 is 1.06 bits per heavy atom. The fourth-order valence-electron chi connectivity index (χ4n) is 3.39. The summed E-state index contributed by atoms with van der Waals surface area (Å²) in [5.41, 5.74) is 5.54. The van der Waals surface area contributed by atoms with Crippen LogP contribution in [0.2, 0.25) is 0 Å². The third-order valence-corrected chi connectivity index (χ3v) is 5.78. The number of aromatic hydroxyl groups is 1. The van der Waals surface area contributed by atoms with Crippen molar-refractivity contribution in [2.45, 2.75) is 20.4 Å². The van der Waals surface area contributed by atoms with E-state index in [-0.39, 0.29) is 11.0 Å². The number of rotatable bonds is 4. The maximum absolute atomic E-state index is 11.0. The summed E-state index contributed by atoms with van der Waals surface area (Å²) in [5.74, 6) is 0.0539. The molecule has 4 rings (SSSR count). The van der Waals surface area contributed by atoms with E-state index >= 15 is 0 Å². The molecule has 3 aromatic carbocycles. The molecule has 0 saturated heterocycles. The van der Waals surface area contributed by atoms with E-state index in [1.165, 1.54) is 0 Å². The minimum Gasteiger partial charge on any atom is -0.493 e. The van der Waals surface area contributed by atoms with Crippen molar-refractivity contribution in [3.8, 4) is 5.88 Å². The van der Waals surface area contributed by atoms with Crippen molar-refractivity contribution in [2.75, 3.05) is 5.32 Å². The standard InChI is InChI=1S/C24H21BrN4OS/c1-15-7-10-19(11-8-15)26-24(31)28-27-22-20-13-18(25)9-12-21(20)29(23(22)30)14-17-6-4-3-5-16(17)2/h3-13,30H,14H2,1-2H3,(H,26,31). The van der Waals surface area contributed by atoms with E-state index in [4.69, 9.17) is 12.2 Å². The van der Waals surface area contributed by atoms with Crippen LogP contribution in [0.25, 0.3) is 10.9 Å². The second-order valence-corrected chi connectivity index (χ2v) is 8.64. The van der Waals surface area contributed by atoms with Gasteiger partial charge in [-0.1, -0.05) is 57.9 Å². The summed E-state index contributed by atoms with van der Waals surface area (Å²) in [6, 6.07) is 21.8. The lowest BCUT2D eigenvalue weighted by Gasteiger charge is -2.09. The number of nitrogens with one attached hydrogen (secondary N) is 1. The maximum Gasteiger partial charge on any atom is 0.221 e. The molecule has 0 radical (unpaired) electrons. The van der Waals surface area contributed by atoms with Crippen LogP contribution in [-0.4, -0.2) is 14.8 Å². The predicted molar refractivity (Wildman–Crippen MR) is 133 cm³/mol. The van der Waals surface area contributed by atoms with Crippen molar-refractivity contribution in [2.24, 2.45) is 10.2 Å². The molecule has 156 valence electrons. The molecular formula is C24H21BrN4OS. The van der Waals surface area contributed by atoms with Crippen LogP contribution in [0.4, 0.5) is 11.4 Å². The highest BCUT2D eigenvalue weighted by atomic mass is 79.9. The van der Waals surface area contributed by atoms with Crippen molar-refractivity contribution < 1.29 is 5.11 Å². The van der Waals surface area contributed by atoms with Gasteiger partial charge >= 0.3 is 0 Å². The molecule has 0 aliphatic heterocycles. The van der Waals surface area contributed by atoms with Crippen LogP contribution in [0.1, 0.15) is 16.7 Å². The molecular weight excluding hydrogens is 472 g/mol. The fraction of sp³-hybridized carbons (Fsp3) is 0.125. The van der Waals surface area contributed by atoms with Crippen LogP contribution in [0.15, 0.2) is 81.4 Å². The molecule has 0 fully saturated rings. The molecule has 31 heavy (non-hydrogen) atoms. The van der Waals surface area contributed by atoms with Gasteiger partial charge in [-0.3, -0.25) is 0 Å². The molecule has 0 spiro atoms. The van der Waals surface area contributed by atoms with Gasteiger partial charge in [0, 0.05) is 15.5 Å². The van der Waals surface area contributed by atoms with E-state index in [2.05, 4.69) is 50.5 Å². The Morgan fingerprint density at radius 2 is 1.81 bits per heavy atom.